The van der Waals surface area contributed by atoms with Crippen LogP contribution < -0.4 is 0 Å². The molecule has 0 aliphatic heterocycles. The van der Waals surface area contributed by atoms with E-state index in [1.807, 2.05) is 19.9 Å². The van der Waals surface area contributed by atoms with Crippen LogP contribution in [-0.2, 0) is 9.59 Å². The summed E-state index contributed by atoms with van der Waals surface area (Å²) in [6.07, 6.45) is 32.6. The molecule has 3 heteroatoms. The molecule has 0 spiro atoms. The summed E-state index contributed by atoms with van der Waals surface area (Å²) in [5.41, 5.74) is 2.69. The molecule has 52 heavy (non-hydrogen) atoms. The molecule has 0 heterocycles. The molecule has 0 bridgehead atoms. The number of allylic oxidation sites excluding steroid dienone is 3. The van der Waals surface area contributed by atoms with E-state index in [1.165, 1.54) is 103 Å². The number of carbonyl (C=O) groups is 2. The highest BCUT2D eigenvalue weighted by Gasteiger charge is 2.59. The lowest BCUT2D eigenvalue weighted by atomic mass is 9.46. The monoisotopic (exact) mass is 722 g/mol. The summed E-state index contributed by atoms with van der Waals surface area (Å²) in [6, 6.07) is 0. The van der Waals surface area contributed by atoms with Gasteiger partial charge in [0.1, 0.15) is 11.6 Å². The Morgan fingerprint density at radius 3 is 2.19 bits per heavy atom. The van der Waals surface area contributed by atoms with Gasteiger partial charge >= 0.3 is 0 Å². The van der Waals surface area contributed by atoms with E-state index in [9.17, 15) is 9.59 Å². The Balaban J connectivity index is 0.00000358. The third-order valence-corrected chi connectivity index (χ3v) is 15.0. The number of unbranched alkanes of at least 4 members (excludes halogenated alkanes) is 6. The third-order valence-electron chi connectivity index (χ3n) is 15.0. The molecular formula is C49H87NO2. The van der Waals surface area contributed by atoms with Gasteiger partial charge in [-0.25, -0.2) is 0 Å². The van der Waals surface area contributed by atoms with Crippen molar-refractivity contribution >= 4 is 11.6 Å². The molecule has 8 atom stereocenters. The van der Waals surface area contributed by atoms with E-state index >= 15 is 0 Å². The van der Waals surface area contributed by atoms with Crippen molar-refractivity contribution in [3.8, 4) is 0 Å². The van der Waals surface area contributed by atoms with Crippen molar-refractivity contribution in [2.75, 3.05) is 19.6 Å². The molecule has 4 aliphatic carbocycles. The number of ketones is 2. The largest absolute Gasteiger partial charge is 0.303 e. The number of carbonyl (C=O) groups excluding carboxylic acids is 2. The zero-order valence-electron chi connectivity index (χ0n) is 36.1. The maximum absolute atomic E-state index is 13.2. The molecule has 0 aromatic rings. The fourth-order valence-electron chi connectivity index (χ4n) is 12.1. The van der Waals surface area contributed by atoms with Crippen molar-refractivity contribution in [1.82, 2.24) is 4.90 Å². The molecule has 0 aromatic heterocycles. The highest BCUT2D eigenvalue weighted by molar-refractivity contribution is 5.78. The van der Waals surface area contributed by atoms with Gasteiger partial charge in [-0.3, -0.25) is 4.79 Å². The summed E-state index contributed by atoms with van der Waals surface area (Å²) >= 11 is 0. The first-order valence-electron chi connectivity index (χ1n) is 23.0. The van der Waals surface area contributed by atoms with Crippen LogP contribution in [0.5, 0.6) is 0 Å². The topological polar surface area (TPSA) is 37.4 Å². The summed E-state index contributed by atoms with van der Waals surface area (Å²) in [4.78, 5) is 27.0. The van der Waals surface area contributed by atoms with Crippen LogP contribution in [0.15, 0.2) is 24.3 Å². The second-order valence-corrected chi connectivity index (χ2v) is 19.1. The van der Waals surface area contributed by atoms with Gasteiger partial charge in [-0.15, -0.1) is 6.58 Å². The lowest BCUT2D eigenvalue weighted by molar-refractivity contribution is -0.120. The standard InChI is InChI=1S/C47H81NO2.C2H6/c1-8-9-15-31-48(32-16-11-10-13-21-38(5)49)33-17-12-14-22-41(50)35-39-27-29-46(6)40(34-39)23-24-42-44-26-25-43(37(4)20-18-19-36(2)3)47(44,7)30-28-45(42)46;1-2/h8,23,36-37,39,42-45H,1,9-22,24-35H2,2-7H3;1-2H3. The third kappa shape index (κ3) is 12.9. The molecule has 8 unspecified atom stereocenters. The maximum atomic E-state index is 13.2. The van der Waals surface area contributed by atoms with E-state index in [0.717, 1.165) is 100 Å². The molecule has 0 N–H and O–H groups in total. The zero-order valence-corrected chi connectivity index (χ0v) is 36.1. The van der Waals surface area contributed by atoms with Crippen LogP contribution in [0, 0.1) is 52.3 Å². The minimum absolute atomic E-state index is 0.317. The van der Waals surface area contributed by atoms with Gasteiger partial charge in [0.2, 0.25) is 0 Å². The smallest absolute Gasteiger partial charge is 0.133 e. The molecule has 0 aromatic carbocycles. The summed E-state index contributed by atoms with van der Waals surface area (Å²) in [5.74, 6) is 6.75. The molecule has 0 amide bonds. The van der Waals surface area contributed by atoms with Gasteiger partial charge in [0.05, 0.1) is 0 Å². The first kappa shape index (κ1) is 45.2. The van der Waals surface area contributed by atoms with E-state index in [2.05, 4.69) is 52.2 Å². The number of fused-ring (bicyclic) bond motifs is 5. The molecule has 4 rings (SSSR count). The van der Waals surface area contributed by atoms with Crippen molar-refractivity contribution in [1.29, 1.82) is 0 Å². The second-order valence-electron chi connectivity index (χ2n) is 19.1. The Bertz CT molecular complexity index is 1090. The van der Waals surface area contributed by atoms with Gasteiger partial charge in [0, 0.05) is 19.3 Å². The first-order chi connectivity index (χ1) is 25.0. The van der Waals surface area contributed by atoms with E-state index in [0.29, 0.717) is 28.3 Å². The number of hydrogen-bond acceptors (Lipinski definition) is 3. The highest BCUT2D eigenvalue weighted by Crippen LogP contribution is 2.67. The van der Waals surface area contributed by atoms with Gasteiger partial charge in [0.25, 0.3) is 0 Å². The normalized spacial score (nSPS) is 30.1. The summed E-state index contributed by atoms with van der Waals surface area (Å²) < 4.78 is 0. The van der Waals surface area contributed by atoms with E-state index in [1.54, 1.807) is 12.5 Å². The van der Waals surface area contributed by atoms with Crippen molar-refractivity contribution in [2.45, 2.75) is 203 Å². The minimum atomic E-state index is 0.317. The van der Waals surface area contributed by atoms with Crippen molar-refractivity contribution < 1.29 is 9.59 Å². The number of hydrogen-bond donors (Lipinski definition) is 0. The molecule has 3 nitrogen and oxygen atoms in total. The molecule has 3 saturated carbocycles. The molecule has 0 radical (unpaired) electrons. The lowest BCUT2D eigenvalue weighted by Gasteiger charge is -2.58. The van der Waals surface area contributed by atoms with E-state index < -0.39 is 0 Å². The highest BCUT2D eigenvalue weighted by atomic mass is 16.1. The molecule has 0 saturated heterocycles. The zero-order chi connectivity index (χ0) is 38.1. The summed E-state index contributed by atoms with van der Waals surface area (Å²) in [6.45, 7) is 25.8. The molecule has 3 fully saturated rings. The Labute approximate surface area is 324 Å². The first-order valence-corrected chi connectivity index (χ1v) is 23.0. The quantitative estimate of drug-likeness (QED) is 0.0735. The van der Waals surface area contributed by atoms with Gasteiger partial charge in [-0.05, 0) is 169 Å². The van der Waals surface area contributed by atoms with Crippen LogP contribution in [0.25, 0.3) is 0 Å². The van der Waals surface area contributed by atoms with Gasteiger partial charge < -0.3 is 9.69 Å². The lowest BCUT2D eigenvalue weighted by Crippen LogP contribution is -2.50. The van der Waals surface area contributed by atoms with Gasteiger partial charge in [-0.2, -0.15) is 0 Å². The number of nitrogens with zero attached hydrogens (tertiary/aromatic N) is 1. The summed E-state index contributed by atoms with van der Waals surface area (Å²) in [5, 5.41) is 0. The minimum Gasteiger partial charge on any atom is -0.303 e. The molecule has 300 valence electrons. The number of rotatable bonds is 24. The summed E-state index contributed by atoms with van der Waals surface area (Å²) in [7, 11) is 0. The second kappa shape index (κ2) is 23.0. The van der Waals surface area contributed by atoms with E-state index in [4.69, 9.17) is 0 Å². The predicted octanol–water partition coefficient (Wildman–Crippen LogP) is 14.0. The fraction of sp³-hybridized carbons (Fsp3) is 0.878. The number of Topliss-reactive ketones (excluding diaryl/α,β-unsaturated/α-hetero) is 2. The maximum Gasteiger partial charge on any atom is 0.133 e. The van der Waals surface area contributed by atoms with Crippen LogP contribution >= 0.6 is 0 Å². The Morgan fingerprint density at radius 1 is 0.827 bits per heavy atom. The molecule has 4 aliphatic rings. The van der Waals surface area contributed by atoms with Gasteiger partial charge in [0.15, 0.2) is 0 Å². The van der Waals surface area contributed by atoms with E-state index in [-0.39, 0.29) is 0 Å². The van der Waals surface area contributed by atoms with Crippen molar-refractivity contribution in [2.24, 2.45) is 52.3 Å². The van der Waals surface area contributed by atoms with Crippen LogP contribution in [0.1, 0.15) is 203 Å². The average molecular weight is 722 g/mol. The average Bonchev–Trinajstić information content (AvgIpc) is 3.47. The molecular weight excluding hydrogens is 635 g/mol. The Hall–Kier alpha value is -1.22. The fourth-order valence-corrected chi connectivity index (χ4v) is 12.1. The van der Waals surface area contributed by atoms with Crippen molar-refractivity contribution in [3.63, 3.8) is 0 Å². The predicted molar refractivity (Wildman–Crippen MR) is 226 cm³/mol. The van der Waals surface area contributed by atoms with Crippen LogP contribution in [0.3, 0.4) is 0 Å². The van der Waals surface area contributed by atoms with Crippen LogP contribution in [0.4, 0.5) is 0 Å². The Kier molecular flexibility index (Phi) is 20.0. The van der Waals surface area contributed by atoms with Crippen molar-refractivity contribution in [3.05, 3.63) is 24.3 Å². The SMILES string of the molecule is C=CCCCN(CCCCCCC(C)=O)CCCCCC(=O)CC1CCC2(C)C(=CCC3C2CCC2(C)C(C(C)CCCC(C)C)CCC32)C1.CC. The Morgan fingerprint density at radius 2 is 1.50 bits per heavy atom. The van der Waals surface area contributed by atoms with Crippen LogP contribution in [0.2, 0.25) is 0 Å². The van der Waals surface area contributed by atoms with Crippen LogP contribution in [-0.4, -0.2) is 36.1 Å². The van der Waals surface area contributed by atoms with Gasteiger partial charge in [-0.1, -0.05) is 105 Å².